The van der Waals surface area contributed by atoms with Gasteiger partial charge in [0.2, 0.25) is 0 Å². The zero-order chi connectivity index (χ0) is 18.9. The van der Waals surface area contributed by atoms with Crippen molar-refractivity contribution in [2.75, 3.05) is 39.5 Å². The maximum Gasteiger partial charge on any atom is 0.414 e. The number of carbonyl (C=O) groups is 2. The maximum absolute atomic E-state index is 9.10. The van der Waals surface area contributed by atoms with Gasteiger partial charge < -0.3 is 19.7 Å². The number of carboxylic acids is 2. The zero-order valence-electron chi connectivity index (χ0n) is 15.0. The van der Waals surface area contributed by atoms with Crippen molar-refractivity contribution in [2.24, 2.45) is 0 Å². The van der Waals surface area contributed by atoms with Gasteiger partial charge in [-0.2, -0.15) is 0 Å². The molecular weight excluding hydrogens is 326 g/mol. The number of hydrogen-bond acceptors (Lipinski definition) is 5. The van der Waals surface area contributed by atoms with Gasteiger partial charge in [0.05, 0.1) is 13.2 Å². The van der Waals surface area contributed by atoms with Crippen LogP contribution in [0.3, 0.4) is 0 Å². The second kappa shape index (κ2) is 10.0. The molecule has 1 aromatic carbocycles. The lowest BCUT2D eigenvalue weighted by Crippen LogP contribution is -2.38. The highest BCUT2D eigenvalue weighted by Gasteiger charge is 2.13. The fraction of sp³-hybridized carbons (Fsp3) is 0.556. The molecule has 0 atom stereocenters. The Bertz CT molecular complexity index is 532. The lowest BCUT2D eigenvalue weighted by Gasteiger charge is -2.26. The quantitative estimate of drug-likeness (QED) is 0.798. The van der Waals surface area contributed by atoms with Gasteiger partial charge in [0, 0.05) is 19.6 Å². The zero-order valence-corrected chi connectivity index (χ0v) is 15.0. The van der Waals surface area contributed by atoms with Gasteiger partial charge in [0.25, 0.3) is 0 Å². The first-order chi connectivity index (χ1) is 11.7. The fourth-order valence-electron chi connectivity index (χ4n) is 2.17. The average molecular weight is 353 g/mol. The van der Waals surface area contributed by atoms with Crippen molar-refractivity contribution >= 4 is 11.9 Å². The van der Waals surface area contributed by atoms with Gasteiger partial charge in [0.15, 0.2) is 0 Å². The Labute approximate surface area is 148 Å². The lowest BCUT2D eigenvalue weighted by atomic mass is 9.87. The number of benzene rings is 1. The molecule has 0 radical (unpaired) electrons. The predicted octanol–water partition coefficient (Wildman–Crippen LogP) is 1.85. The summed E-state index contributed by atoms with van der Waals surface area (Å²) in [4.78, 5) is 20.6. The third-order valence-corrected chi connectivity index (χ3v) is 3.68. The standard InChI is InChI=1S/C16H25NO2.C2H2O4/c1-16(2,3)14-4-6-15(7-5-14)19-13-10-17-8-11-18-12-9-17;3-1(4)2(5)6/h4-7H,8-13H2,1-3H3;(H,3,4)(H,5,6). The highest BCUT2D eigenvalue weighted by atomic mass is 16.5. The highest BCUT2D eigenvalue weighted by Crippen LogP contribution is 2.24. The molecule has 25 heavy (non-hydrogen) atoms. The molecule has 0 bridgehead atoms. The van der Waals surface area contributed by atoms with E-state index >= 15 is 0 Å². The smallest absolute Gasteiger partial charge is 0.414 e. The van der Waals surface area contributed by atoms with Gasteiger partial charge in [-0.15, -0.1) is 0 Å². The third kappa shape index (κ3) is 8.51. The summed E-state index contributed by atoms with van der Waals surface area (Å²) >= 11 is 0. The molecule has 0 saturated carbocycles. The second-order valence-corrected chi connectivity index (χ2v) is 6.69. The fourth-order valence-corrected chi connectivity index (χ4v) is 2.17. The van der Waals surface area contributed by atoms with Crippen LogP contribution in [0.5, 0.6) is 5.75 Å². The first kappa shape index (κ1) is 20.9. The van der Waals surface area contributed by atoms with E-state index in [0.29, 0.717) is 0 Å². The minimum Gasteiger partial charge on any atom is -0.492 e. The Balaban J connectivity index is 0.000000450. The van der Waals surface area contributed by atoms with Gasteiger partial charge in [0.1, 0.15) is 12.4 Å². The van der Waals surface area contributed by atoms with Gasteiger partial charge in [-0.25, -0.2) is 9.59 Å². The highest BCUT2D eigenvalue weighted by molar-refractivity contribution is 6.27. The van der Waals surface area contributed by atoms with Crippen molar-refractivity contribution in [3.63, 3.8) is 0 Å². The van der Waals surface area contributed by atoms with E-state index in [0.717, 1.165) is 45.2 Å². The van der Waals surface area contributed by atoms with Crippen molar-refractivity contribution in [1.29, 1.82) is 0 Å². The molecule has 0 aliphatic carbocycles. The number of rotatable bonds is 4. The first-order valence-corrected chi connectivity index (χ1v) is 8.20. The molecule has 1 aliphatic rings. The molecule has 0 unspecified atom stereocenters. The molecule has 0 amide bonds. The SMILES string of the molecule is CC(C)(C)c1ccc(OCCN2CCOCC2)cc1.O=C(O)C(=O)O. The Hall–Kier alpha value is -2.12. The molecule has 140 valence electrons. The Morgan fingerprint density at radius 2 is 1.60 bits per heavy atom. The number of hydrogen-bond donors (Lipinski definition) is 2. The topological polar surface area (TPSA) is 96.3 Å². The summed E-state index contributed by atoms with van der Waals surface area (Å²) in [6, 6.07) is 8.45. The summed E-state index contributed by atoms with van der Waals surface area (Å²) < 4.78 is 11.1. The summed E-state index contributed by atoms with van der Waals surface area (Å²) in [5, 5.41) is 14.8. The number of morpholine rings is 1. The normalized spacial score (nSPS) is 15.0. The van der Waals surface area contributed by atoms with Gasteiger partial charge in [-0.05, 0) is 23.1 Å². The molecule has 1 heterocycles. The van der Waals surface area contributed by atoms with Crippen molar-refractivity contribution in [3.05, 3.63) is 29.8 Å². The molecule has 0 aromatic heterocycles. The molecule has 1 aliphatic heterocycles. The van der Waals surface area contributed by atoms with E-state index in [1.54, 1.807) is 0 Å². The minimum absolute atomic E-state index is 0.201. The lowest BCUT2D eigenvalue weighted by molar-refractivity contribution is -0.159. The van der Waals surface area contributed by atoms with Crippen LogP contribution in [-0.2, 0) is 19.7 Å². The summed E-state index contributed by atoms with van der Waals surface area (Å²) in [6.07, 6.45) is 0. The van der Waals surface area contributed by atoms with Gasteiger partial charge in [-0.1, -0.05) is 32.9 Å². The number of nitrogens with zero attached hydrogens (tertiary/aromatic N) is 1. The minimum atomic E-state index is -1.82. The van der Waals surface area contributed by atoms with Crippen LogP contribution in [0.2, 0.25) is 0 Å². The van der Waals surface area contributed by atoms with Crippen LogP contribution in [0.15, 0.2) is 24.3 Å². The van der Waals surface area contributed by atoms with Gasteiger partial charge >= 0.3 is 11.9 Å². The van der Waals surface area contributed by atoms with Crippen LogP contribution < -0.4 is 4.74 Å². The van der Waals surface area contributed by atoms with Crippen LogP contribution in [-0.4, -0.2) is 66.5 Å². The molecule has 0 spiro atoms. The van der Waals surface area contributed by atoms with E-state index in [2.05, 4.69) is 49.9 Å². The number of ether oxygens (including phenoxy) is 2. The Morgan fingerprint density at radius 3 is 2.04 bits per heavy atom. The van der Waals surface area contributed by atoms with Crippen LogP contribution >= 0.6 is 0 Å². The number of carboxylic acid groups (broad SMARTS) is 2. The van der Waals surface area contributed by atoms with E-state index in [-0.39, 0.29) is 5.41 Å². The Kier molecular flexibility index (Phi) is 8.37. The summed E-state index contributed by atoms with van der Waals surface area (Å²) in [7, 11) is 0. The van der Waals surface area contributed by atoms with Crippen molar-refractivity contribution in [3.8, 4) is 5.75 Å². The monoisotopic (exact) mass is 353 g/mol. The molecule has 1 saturated heterocycles. The van der Waals surface area contributed by atoms with Crippen LogP contribution in [0.25, 0.3) is 0 Å². The van der Waals surface area contributed by atoms with E-state index in [1.807, 2.05) is 0 Å². The van der Waals surface area contributed by atoms with Crippen molar-refractivity contribution in [1.82, 2.24) is 4.90 Å². The van der Waals surface area contributed by atoms with E-state index in [4.69, 9.17) is 29.3 Å². The summed E-state index contributed by atoms with van der Waals surface area (Å²) in [5.41, 5.74) is 1.54. The second-order valence-electron chi connectivity index (χ2n) is 6.69. The van der Waals surface area contributed by atoms with E-state index < -0.39 is 11.9 Å². The molecule has 1 fully saturated rings. The average Bonchev–Trinajstić information content (AvgIpc) is 2.56. The molecule has 7 heteroatoms. The van der Waals surface area contributed by atoms with E-state index in [1.165, 1.54) is 5.56 Å². The van der Waals surface area contributed by atoms with Crippen LogP contribution in [0.4, 0.5) is 0 Å². The molecular formula is C18H27NO6. The van der Waals surface area contributed by atoms with Crippen molar-refractivity contribution in [2.45, 2.75) is 26.2 Å². The van der Waals surface area contributed by atoms with Crippen molar-refractivity contribution < 1.29 is 29.3 Å². The van der Waals surface area contributed by atoms with E-state index in [9.17, 15) is 0 Å². The van der Waals surface area contributed by atoms with Crippen LogP contribution in [0.1, 0.15) is 26.3 Å². The number of aliphatic carboxylic acids is 2. The Morgan fingerprint density at radius 1 is 1.08 bits per heavy atom. The first-order valence-electron chi connectivity index (χ1n) is 8.20. The van der Waals surface area contributed by atoms with Gasteiger partial charge in [-0.3, -0.25) is 4.90 Å². The molecule has 2 N–H and O–H groups in total. The molecule has 1 aromatic rings. The third-order valence-electron chi connectivity index (χ3n) is 3.68. The predicted molar refractivity (Wildman–Crippen MR) is 93.2 cm³/mol. The molecule has 7 nitrogen and oxygen atoms in total. The van der Waals surface area contributed by atoms with Crippen LogP contribution in [0, 0.1) is 0 Å². The molecule has 2 rings (SSSR count). The largest absolute Gasteiger partial charge is 0.492 e. The maximum atomic E-state index is 9.10. The summed E-state index contributed by atoms with van der Waals surface area (Å²) in [5.74, 6) is -2.69. The summed E-state index contributed by atoms with van der Waals surface area (Å²) in [6.45, 7) is 12.1.